The number of aliphatic carboxylic acids is 1. The molecule has 0 aromatic rings. The monoisotopic (exact) mass is 358 g/mol. The minimum absolute atomic E-state index is 0.211. The fourth-order valence-corrected chi connectivity index (χ4v) is 4.22. The molecule has 3 heteroatoms. The molecule has 2 unspecified atom stereocenters. The second-order valence-electron chi connectivity index (χ2n) is 8.17. The van der Waals surface area contributed by atoms with Crippen molar-refractivity contribution in [1.82, 2.24) is 0 Å². The van der Waals surface area contributed by atoms with Crippen molar-refractivity contribution < 1.29 is 15.0 Å². The van der Waals surface area contributed by atoms with E-state index in [1.54, 1.807) is 0 Å². The van der Waals surface area contributed by atoms with Gasteiger partial charge in [0.2, 0.25) is 0 Å². The van der Waals surface area contributed by atoms with Gasteiger partial charge in [0.1, 0.15) is 0 Å². The van der Waals surface area contributed by atoms with Gasteiger partial charge in [-0.05, 0) is 71.1 Å². The number of carbonyl (C=O) groups is 1. The minimum atomic E-state index is -0.705. The molecule has 4 atom stereocenters. The van der Waals surface area contributed by atoms with Crippen LogP contribution < -0.4 is 0 Å². The molecular formula is C23H34O3. The smallest absolute Gasteiger partial charge is 0.303 e. The highest BCUT2D eigenvalue weighted by atomic mass is 16.4. The molecule has 2 aliphatic carbocycles. The molecule has 0 heterocycles. The zero-order chi connectivity index (χ0) is 19.1. The number of rotatable bonds is 9. The summed E-state index contributed by atoms with van der Waals surface area (Å²) in [6, 6.07) is 0. The number of carboxylic acid groups (broad SMARTS) is 1. The van der Waals surface area contributed by atoms with E-state index in [-0.39, 0.29) is 18.4 Å². The fourth-order valence-electron chi connectivity index (χ4n) is 4.22. The highest BCUT2D eigenvalue weighted by Gasteiger charge is 2.42. The van der Waals surface area contributed by atoms with E-state index in [1.165, 1.54) is 16.7 Å². The third-order valence-corrected chi connectivity index (χ3v) is 5.62. The maximum Gasteiger partial charge on any atom is 0.303 e. The molecule has 0 aromatic carbocycles. The van der Waals surface area contributed by atoms with Crippen molar-refractivity contribution in [2.75, 3.05) is 0 Å². The summed E-state index contributed by atoms with van der Waals surface area (Å²) in [5, 5.41) is 19.2. The van der Waals surface area contributed by atoms with Gasteiger partial charge in [-0.15, -0.1) is 0 Å². The van der Waals surface area contributed by atoms with E-state index < -0.39 is 5.97 Å². The third kappa shape index (κ3) is 6.28. The lowest BCUT2D eigenvalue weighted by Gasteiger charge is -2.15. The predicted octanol–water partition coefficient (Wildman–Crippen LogP) is 5.43. The second kappa shape index (κ2) is 9.91. The molecule has 144 valence electrons. The molecule has 0 spiro atoms. The first-order chi connectivity index (χ1) is 12.4. The van der Waals surface area contributed by atoms with Gasteiger partial charge in [-0.2, -0.15) is 0 Å². The Hall–Kier alpha value is -1.61. The van der Waals surface area contributed by atoms with Crippen molar-refractivity contribution in [3.8, 4) is 0 Å². The molecular weight excluding hydrogens is 324 g/mol. The number of aliphatic hydroxyl groups excluding tert-OH is 1. The van der Waals surface area contributed by atoms with Crippen LogP contribution in [-0.2, 0) is 4.79 Å². The van der Waals surface area contributed by atoms with E-state index in [0.29, 0.717) is 11.8 Å². The van der Waals surface area contributed by atoms with Crippen molar-refractivity contribution in [3.63, 3.8) is 0 Å². The molecule has 2 N–H and O–H groups in total. The fraction of sp³-hybridized carbons (Fsp3) is 0.609. The van der Waals surface area contributed by atoms with Crippen molar-refractivity contribution in [2.24, 2.45) is 17.8 Å². The van der Waals surface area contributed by atoms with Gasteiger partial charge in [0.05, 0.1) is 6.10 Å². The summed E-state index contributed by atoms with van der Waals surface area (Å²) in [6.45, 7) is 6.34. The van der Waals surface area contributed by atoms with Crippen LogP contribution in [0.5, 0.6) is 0 Å². The summed E-state index contributed by atoms with van der Waals surface area (Å²) >= 11 is 0. The van der Waals surface area contributed by atoms with Gasteiger partial charge in [-0.3, -0.25) is 4.79 Å². The van der Waals surface area contributed by atoms with Gasteiger partial charge < -0.3 is 10.2 Å². The summed E-state index contributed by atoms with van der Waals surface area (Å²) < 4.78 is 0. The number of hydrogen-bond donors (Lipinski definition) is 2. The lowest BCUT2D eigenvalue weighted by atomic mass is 9.91. The Labute approximate surface area is 158 Å². The van der Waals surface area contributed by atoms with Gasteiger partial charge in [-0.25, -0.2) is 0 Å². The van der Waals surface area contributed by atoms with Gasteiger partial charge in [0, 0.05) is 12.3 Å². The normalized spacial score (nSPS) is 28.3. The molecule has 0 saturated heterocycles. The summed E-state index contributed by atoms with van der Waals surface area (Å²) in [6.07, 6.45) is 16.8. The third-order valence-electron chi connectivity index (χ3n) is 5.62. The Bertz CT molecular complexity index is 605. The Balaban J connectivity index is 1.90. The zero-order valence-electron chi connectivity index (χ0n) is 16.4. The number of aliphatic hydroxyl groups is 1. The molecule has 0 aliphatic heterocycles. The maximum atomic E-state index is 10.6. The van der Waals surface area contributed by atoms with Crippen molar-refractivity contribution in [1.29, 1.82) is 0 Å². The highest BCUT2D eigenvalue weighted by molar-refractivity contribution is 5.66. The van der Waals surface area contributed by atoms with Crippen LogP contribution in [0.15, 0.2) is 47.1 Å². The van der Waals surface area contributed by atoms with Crippen LogP contribution in [0, 0.1) is 17.8 Å². The molecule has 1 saturated carbocycles. The first-order valence-electron chi connectivity index (χ1n) is 9.94. The van der Waals surface area contributed by atoms with Gasteiger partial charge in [-0.1, -0.05) is 47.1 Å². The number of fused-ring (bicyclic) bond motifs is 1. The number of carboxylic acids is 1. The van der Waals surface area contributed by atoms with Crippen molar-refractivity contribution in [3.05, 3.63) is 47.1 Å². The van der Waals surface area contributed by atoms with E-state index in [4.69, 9.17) is 5.11 Å². The van der Waals surface area contributed by atoms with Crippen LogP contribution in [0.4, 0.5) is 0 Å². The average molecular weight is 359 g/mol. The first-order valence-corrected chi connectivity index (χ1v) is 9.94. The summed E-state index contributed by atoms with van der Waals surface area (Å²) in [5.41, 5.74) is 4.04. The minimum Gasteiger partial charge on any atom is -0.481 e. The number of hydrogen-bond acceptors (Lipinski definition) is 2. The molecule has 0 bridgehead atoms. The van der Waals surface area contributed by atoms with Crippen molar-refractivity contribution >= 4 is 5.97 Å². The van der Waals surface area contributed by atoms with Crippen LogP contribution in [-0.4, -0.2) is 22.3 Å². The van der Waals surface area contributed by atoms with Crippen LogP contribution >= 0.6 is 0 Å². The Kier molecular flexibility index (Phi) is 7.89. The quantitative estimate of drug-likeness (QED) is 0.328. The first kappa shape index (κ1) is 20.7. The number of allylic oxidation sites excluding steroid dienone is 7. The average Bonchev–Trinajstić information content (AvgIpc) is 3.05. The second-order valence-corrected chi connectivity index (χ2v) is 8.17. The Morgan fingerprint density at radius 3 is 2.69 bits per heavy atom. The molecule has 0 amide bonds. The summed E-state index contributed by atoms with van der Waals surface area (Å²) in [7, 11) is 0. The molecule has 0 aromatic heterocycles. The summed E-state index contributed by atoms with van der Waals surface area (Å²) in [4.78, 5) is 10.6. The lowest BCUT2D eigenvalue weighted by molar-refractivity contribution is -0.137. The van der Waals surface area contributed by atoms with Gasteiger partial charge >= 0.3 is 5.97 Å². The molecule has 26 heavy (non-hydrogen) atoms. The van der Waals surface area contributed by atoms with Crippen LogP contribution in [0.2, 0.25) is 0 Å². The van der Waals surface area contributed by atoms with E-state index in [0.717, 1.165) is 38.5 Å². The largest absolute Gasteiger partial charge is 0.481 e. The predicted molar refractivity (Wildman–Crippen MR) is 107 cm³/mol. The summed E-state index contributed by atoms with van der Waals surface area (Å²) in [5.74, 6) is 0.511. The Morgan fingerprint density at radius 2 is 2.00 bits per heavy atom. The zero-order valence-corrected chi connectivity index (χ0v) is 16.4. The standard InChI is InChI=1S/C23H34O3/c1-16(2)7-6-8-17(3)11-12-20-21-14-18(9-4-5-10-23(25)26)13-19(21)15-22(20)24/h7-8,11-12,14,19-22,24H,4-6,9-10,13,15H2,1-3H3,(H,25,26)/b12-11+,17-8+/t19?,20-,21?,22-/m1/s1. The molecule has 3 nitrogen and oxygen atoms in total. The Morgan fingerprint density at radius 1 is 1.23 bits per heavy atom. The van der Waals surface area contributed by atoms with E-state index >= 15 is 0 Å². The van der Waals surface area contributed by atoms with Crippen LogP contribution in [0.3, 0.4) is 0 Å². The molecule has 2 aliphatic rings. The molecule has 2 rings (SSSR count). The van der Waals surface area contributed by atoms with Crippen LogP contribution in [0.1, 0.15) is 65.7 Å². The van der Waals surface area contributed by atoms with Crippen molar-refractivity contribution in [2.45, 2.75) is 71.8 Å². The van der Waals surface area contributed by atoms with Crippen LogP contribution in [0.25, 0.3) is 0 Å². The maximum absolute atomic E-state index is 10.6. The lowest BCUT2D eigenvalue weighted by Crippen LogP contribution is -2.15. The van der Waals surface area contributed by atoms with Gasteiger partial charge in [0.15, 0.2) is 0 Å². The van der Waals surface area contributed by atoms with E-state index in [9.17, 15) is 9.90 Å². The van der Waals surface area contributed by atoms with E-state index in [1.807, 2.05) is 0 Å². The SMILES string of the molecule is CC(C)=CC/C=C(C)/C=C/[C@@H]1C2C=C(CCCCC(=O)O)CC2C[C@H]1O. The molecule has 1 fully saturated rings. The van der Waals surface area contributed by atoms with E-state index in [2.05, 4.69) is 51.2 Å². The van der Waals surface area contributed by atoms with Gasteiger partial charge in [0.25, 0.3) is 0 Å². The number of unbranched alkanes of at least 4 members (excludes halogenated alkanes) is 1. The molecule has 0 radical (unpaired) electrons. The highest BCUT2D eigenvalue weighted by Crippen LogP contribution is 2.48. The topological polar surface area (TPSA) is 57.5 Å².